The Balaban J connectivity index is 1.72. The van der Waals surface area contributed by atoms with Gasteiger partial charge in [-0.2, -0.15) is 4.31 Å². The van der Waals surface area contributed by atoms with E-state index in [1.807, 2.05) is 0 Å². The van der Waals surface area contributed by atoms with E-state index in [-0.39, 0.29) is 35.3 Å². The van der Waals surface area contributed by atoms with Crippen molar-refractivity contribution in [2.24, 2.45) is 0 Å². The fourth-order valence-electron chi connectivity index (χ4n) is 2.88. The maximum absolute atomic E-state index is 13.2. The van der Waals surface area contributed by atoms with E-state index in [9.17, 15) is 17.6 Å². The molecule has 0 spiro atoms. The molecule has 0 saturated carbocycles. The number of amides is 1. The molecule has 0 atom stereocenters. The Labute approximate surface area is 179 Å². The highest BCUT2D eigenvalue weighted by atomic mass is 35.5. The van der Waals surface area contributed by atoms with Crippen molar-refractivity contribution in [3.8, 4) is 5.75 Å². The van der Waals surface area contributed by atoms with Crippen LogP contribution in [0.3, 0.4) is 0 Å². The summed E-state index contributed by atoms with van der Waals surface area (Å²) in [5, 5.41) is 5.40. The summed E-state index contributed by atoms with van der Waals surface area (Å²) >= 11 is 5.72. The fraction of sp³-hybridized carbons (Fsp3) is 0.316. The van der Waals surface area contributed by atoms with Gasteiger partial charge in [0.1, 0.15) is 16.5 Å². The lowest BCUT2D eigenvalue weighted by Gasteiger charge is -2.26. The Morgan fingerprint density at radius 3 is 2.57 bits per heavy atom. The van der Waals surface area contributed by atoms with Gasteiger partial charge >= 0.3 is 0 Å². The van der Waals surface area contributed by atoms with Crippen LogP contribution in [-0.4, -0.2) is 58.6 Å². The zero-order chi connectivity index (χ0) is 21.7. The van der Waals surface area contributed by atoms with Crippen molar-refractivity contribution in [2.45, 2.75) is 4.90 Å². The van der Waals surface area contributed by atoms with Crippen molar-refractivity contribution in [2.75, 3.05) is 50.6 Å². The molecular formula is C19H21ClFN3O5S. The van der Waals surface area contributed by atoms with Crippen molar-refractivity contribution >= 4 is 38.9 Å². The second-order valence-electron chi connectivity index (χ2n) is 6.41. The minimum absolute atomic E-state index is 0.0389. The number of nitrogens with one attached hydrogen (secondary N) is 2. The van der Waals surface area contributed by atoms with E-state index >= 15 is 0 Å². The van der Waals surface area contributed by atoms with Gasteiger partial charge in [0.25, 0.3) is 0 Å². The van der Waals surface area contributed by atoms with Gasteiger partial charge in [-0.3, -0.25) is 4.79 Å². The van der Waals surface area contributed by atoms with Crippen molar-refractivity contribution in [1.82, 2.24) is 4.31 Å². The molecule has 2 aromatic rings. The standard InChI is InChI=1S/C19H21ClFN3O5S/c1-28-17-5-3-14(11-18(17)30(26,27)24-6-8-29-9-7-24)23-19(25)12-22-13-2-4-16(21)15(20)10-13/h2-5,10-11,22H,6-9,12H2,1H3,(H,23,25). The molecule has 162 valence electrons. The predicted molar refractivity (Wildman–Crippen MR) is 111 cm³/mol. The van der Waals surface area contributed by atoms with Gasteiger partial charge in [0.2, 0.25) is 15.9 Å². The molecule has 0 aromatic heterocycles. The van der Waals surface area contributed by atoms with Gasteiger partial charge in [0.15, 0.2) is 0 Å². The SMILES string of the molecule is COc1ccc(NC(=O)CNc2ccc(F)c(Cl)c2)cc1S(=O)(=O)N1CCOCC1. The average Bonchev–Trinajstić information content (AvgIpc) is 2.75. The third kappa shape index (κ3) is 5.20. The molecule has 2 aromatic carbocycles. The Hall–Kier alpha value is -2.40. The highest BCUT2D eigenvalue weighted by Crippen LogP contribution is 2.30. The van der Waals surface area contributed by atoms with Crippen LogP contribution >= 0.6 is 11.6 Å². The van der Waals surface area contributed by atoms with Crippen LogP contribution in [0.4, 0.5) is 15.8 Å². The van der Waals surface area contributed by atoms with Gasteiger partial charge in [-0.15, -0.1) is 0 Å². The molecule has 0 unspecified atom stereocenters. The molecule has 2 N–H and O–H groups in total. The average molecular weight is 458 g/mol. The lowest BCUT2D eigenvalue weighted by molar-refractivity contribution is -0.114. The number of morpholine rings is 1. The Morgan fingerprint density at radius 2 is 1.90 bits per heavy atom. The summed E-state index contributed by atoms with van der Waals surface area (Å²) < 4.78 is 50.9. The molecule has 8 nitrogen and oxygen atoms in total. The normalized spacial score (nSPS) is 14.9. The van der Waals surface area contributed by atoms with E-state index < -0.39 is 21.7 Å². The summed E-state index contributed by atoms with van der Waals surface area (Å²) in [6.07, 6.45) is 0. The minimum atomic E-state index is -3.82. The van der Waals surface area contributed by atoms with E-state index in [1.54, 1.807) is 6.07 Å². The van der Waals surface area contributed by atoms with Gasteiger partial charge < -0.3 is 20.1 Å². The van der Waals surface area contributed by atoms with Crippen LogP contribution in [0.1, 0.15) is 0 Å². The lowest BCUT2D eigenvalue weighted by atomic mass is 10.3. The van der Waals surface area contributed by atoms with E-state index in [4.69, 9.17) is 21.1 Å². The molecule has 1 saturated heterocycles. The first-order valence-electron chi connectivity index (χ1n) is 9.06. The second kappa shape index (κ2) is 9.61. The summed E-state index contributed by atoms with van der Waals surface area (Å²) in [5.74, 6) is -0.798. The number of ether oxygens (including phenoxy) is 2. The number of rotatable bonds is 7. The quantitative estimate of drug-likeness (QED) is 0.663. The molecule has 11 heteroatoms. The van der Waals surface area contributed by atoms with Crippen molar-refractivity contribution in [1.29, 1.82) is 0 Å². The number of sulfonamides is 1. The number of halogens is 2. The van der Waals surface area contributed by atoms with Crippen LogP contribution in [0.2, 0.25) is 5.02 Å². The van der Waals surface area contributed by atoms with Gasteiger partial charge in [0, 0.05) is 24.5 Å². The van der Waals surface area contributed by atoms with E-state index in [1.165, 1.54) is 41.7 Å². The Morgan fingerprint density at radius 1 is 1.20 bits per heavy atom. The fourth-order valence-corrected chi connectivity index (χ4v) is 4.65. The summed E-state index contributed by atoms with van der Waals surface area (Å²) in [7, 11) is -2.44. The van der Waals surface area contributed by atoms with E-state index in [0.29, 0.717) is 24.6 Å². The molecule has 1 amide bonds. The second-order valence-corrected chi connectivity index (χ2v) is 8.73. The molecule has 1 aliphatic rings. The molecule has 3 rings (SSSR count). The first-order valence-corrected chi connectivity index (χ1v) is 10.9. The molecule has 0 radical (unpaired) electrons. The first kappa shape index (κ1) is 22.3. The molecule has 1 heterocycles. The molecule has 1 aliphatic heterocycles. The Kier molecular flexibility index (Phi) is 7.14. The summed E-state index contributed by atoms with van der Waals surface area (Å²) in [5.41, 5.74) is 0.772. The van der Waals surface area contributed by atoms with Crippen LogP contribution in [0.25, 0.3) is 0 Å². The third-order valence-electron chi connectivity index (χ3n) is 4.41. The maximum Gasteiger partial charge on any atom is 0.246 e. The van der Waals surface area contributed by atoms with Crippen LogP contribution in [0.5, 0.6) is 5.75 Å². The number of hydrogen-bond acceptors (Lipinski definition) is 6. The number of anilines is 2. The van der Waals surface area contributed by atoms with Gasteiger partial charge in [-0.1, -0.05) is 11.6 Å². The summed E-state index contributed by atoms with van der Waals surface area (Å²) in [6, 6.07) is 8.39. The summed E-state index contributed by atoms with van der Waals surface area (Å²) in [4.78, 5) is 12.2. The molecule has 0 aliphatic carbocycles. The maximum atomic E-state index is 13.2. The number of nitrogens with zero attached hydrogens (tertiary/aromatic N) is 1. The monoisotopic (exact) mass is 457 g/mol. The highest BCUT2D eigenvalue weighted by molar-refractivity contribution is 7.89. The molecular weight excluding hydrogens is 437 g/mol. The van der Waals surface area contributed by atoms with Crippen LogP contribution in [0.15, 0.2) is 41.3 Å². The number of hydrogen-bond donors (Lipinski definition) is 2. The molecule has 30 heavy (non-hydrogen) atoms. The molecule has 0 bridgehead atoms. The number of methoxy groups -OCH3 is 1. The van der Waals surface area contributed by atoms with E-state index in [2.05, 4.69) is 10.6 Å². The minimum Gasteiger partial charge on any atom is -0.495 e. The molecule has 1 fully saturated rings. The lowest BCUT2D eigenvalue weighted by Crippen LogP contribution is -2.40. The van der Waals surface area contributed by atoms with Crippen LogP contribution < -0.4 is 15.4 Å². The number of carbonyl (C=O) groups is 1. The summed E-state index contributed by atoms with van der Waals surface area (Å²) in [6.45, 7) is 0.992. The zero-order valence-electron chi connectivity index (χ0n) is 16.2. The van der Waals surface area contributed by atoms with Crippen molar-refractivity contribution in [3.05, 3.63) is 47.2 Å². The van der Waals surface area contributed by atoms with Gasteiger partial charge in [-0.05, 0) is 36.4 Å². The van der Waals surface area contributed by atoms with Crippen LogP contribution in [-0.2, 0) is 19.6 Å². The predicted octanol–water partition coefficient (Wildman–Crippen LogP) is 2.56. The van der Waals surface area contributed by atoms with Gasteiger partial charge in [-0.25, -0.2) is 12.8 Å². The van der Waals surface area contributed by atoms with Crippen LogP contribution in [0, 0.1) is 5.82 Å². The zero-order valence-corrected chi connectivity index (χ0v) is 17.7. The van der Waals surface area contributed by atoms with Crippen molar-refractivity contribution in [3.63, 3.8) is 0 Å². The number of carbonyl (C=O) groups excluding carboxylic acids is 1. The largest absolute Gasteiger partial charge is 0.495 e. The Bertz CT molecular complexity index is 1030. The van der Waals surface area contributed by atoms with Gasteiger partial charge in [0.05, 0.1) is 31.9 Å². The van der Waals surface area contributed by atoms with E-state index in [0.717, 1.165) is 0 Å². The first-order chi connectivity index (χ1) is 14.3. The highest BCUT2D eigenvalue weighted by Gasteiger charge is 2.29. The smallest absolute Gasteiger partial charge is 0.246 e. The number of benzene rings is 2. The topological polar surface area (TPSA) is 97.0 Å². The van der Waals surface area contributed by atoms with Crippen molar-refractivity contribution < 1.29 is 27.1 Å². The third-order valence-corrected chi connectivity index (χ3v) is 6.62.